The minimum absolute atomic E-state index is 0.289. The SMILES string of the molecule is Cc1c2c(c(S(=O)(=O)O)c3c1CCCCCC3)CCCCCC2. The molecule has 0 fully saturated rings. The van der Waals surface area contributed by atoms with E-state index in [-0.39, 0.29) is 4.90 Å². The summed E-state index contributed by atoms with van der Waals surface area (Å²) in [6, 6.07) is 0. The molecule has 1 N–H and O–H groups in total. The van der Waals surface area contributed by atoms with Gasteiger partial charge in [0, 0.05) is 0 Å². The summed E-state index contributed by atoms with van der Waals surface area (Å²) in [5, 5.41) is 0. The predicted molar refractivity (Wildman–Crippen MR) is 92.7 cm³/mol. The van der Waals surface area contributed by atoms with Gasteiger partial charge in [0.15, 0.2) is 0 Å². The summed E-state index contributed by atoms with van der Waals surface area (Å²) in [6.07, 6.45) is 12.5. The van der Waals surface area contributed by atoms with Gasteiger partial charge in [-0.3, -0.25) is 4.55 Å². The molecule has 0 saturated carbocycles. The van der Waals surface area contributed by atoms with E-state index >= 15 is 0 Å². The van der Waals surface area contributed by atoms with Crippen molar-refractivity contribution in [3.05, 3.63) is 27.8 Å². The summed E-state index contributed by atoms with van der Waals surface area (Å²) in [7, 11) is -4.16. The Labute approximate surface area is 140 Å². The van der Waals surface area contributed by atoms with Crippen molar-refractivity contribution in [2.45, 2.75) is 88.9 Å². The van der Waals surface area contributed by atoms with E-state index in [0.29, 0.717) is 0 Å². The van der Waals surface area contributed by atoms with Crippen LogP contribution >= 0.6 is 0 Å². The highest BCUT2D eigenvalue weighted by Crippen LogP contribution is 2.37. The Bertz CT molecular complexity index is 648. The van der Waals surface area contributed by atoms with Crippen molar-refractivity contribution in [1.82, 2.24) is 0 Å². The van der Waals surface area contributed by atoms with Gasteiger partial charge in [-0.05, 0) is 86.1 Å². The minimum atomic E-state index is -4.16. The van der Waals surface area contributed by atoms with Crippen LogP contribution in [0.15, 0.2) is 4.90 Å². The van der Waals surface area contributed by atoms with Crippen molar-refractivity contribution in [3.63, 3.8) is 0 Å². The van der Waals surface area contributed by atoms with E-state index in [0.717, 1.165) is 75.3 Å². The largest absolute Gasteiger partial charge is 0.295 e. The molecule has 0 spiro atoms. The quantitative estimate of drug-likeness (QED) is 0.765. The van der Waals surface area contributed by atoms with E-state index in [1.54, 1.807) is 0 Å². The van der Waals surface area contributed by atoms with Crippen LogP contribution in [0.1, 0.15) is 79.2 Å². The molecule has 3 rings (SSSR count). The van der Waals surface area contributed by atoms with Crippen LogP contribution in [0.2, 0.25) is 0 Å². The zero-order valence-electron chi connectivity index (χ0n) is 14.2. The van der Waals surface area contributed by atoms with Crippen LogP contribution in [0.3, 0.4) is 0 Å². The summed E-state index contributed by atoms with van der Waals surface area (Å²) in [5.74, 6) is 0. The molecular formula is C19H28O3S. The van der Waals surface area contributed by atoms with Gasteiger partial charge in [-0.1, -0.05) is 25.7 Å². The fourth-order valence-corrected chi connectivity index (χ4v) is 5.60. The summed E-state index contributed by atoms with van der Waals surface area (Å²) in [5.41, 5.74) is 5.62. The lowest BCUT2D eigenvalue weighted by atomic mass is 9.82. The molecule has 0 saturated heterocycles. The highest BCUT2D eigenvalue weighted by atomic mass is 32.2. The Morgan fingerprint density at radius 2 is 1.00 bits per heavy atom. The molecule has 0 unspecified atom stereocenters. The smallest absolute Gasteiger partial charge is 0.282 e. The number of benzene rings is 1. The summed E-state index contributed by atoms with van der Waals surface area (Å²) in [6.45, 7) is 2.18. The van der Waals surface area contributed by atoms with Gasteiger partial charge < -0.3 is 0 Å². The summed E-state index contributed by atoms with van der Waals surface area (Å²) >= 11 is 0. The lowest BCUT2D eigenvalue weighted by molar-refractivity contribution is 0.478. The van der Waals surface area contributed by atoms with Crippen LogP contribution in [-0.2, 0) is 35.8 Å². The average molecular weight is 336 g/mol. The molecule has 2 aliphatic rings. The van der Waals surface area contributed by atoms with Crippen LogP contribution in [0.25, 0.3) is 0 Å². The summed E-state index contributed by atoms with van der Waals surface area (Å²) < 4.78 is 34.5. The predicted octanol–water partition coefficient (Wildman–Crippen LogP) is 4.56. The van der Waals surface area contributed by atoms with Gasteiger partial charge in [0.1, 0.15) is 4.90 Å². The Balaban J connectivity index is 2.29. The molecule has 0 aromatic heterocycles. The molecular weight excluding hydrogens is 308 g/mol. The van der Waals surface area contributed by atoms with Crippen LogP contribution in [-0.4, -0.2) is 13.0 Å². The van der Waals surface area contributed by atoms with Crippen LogP contribution in [0.5, 0.6) is 0 Å². The van der Waals surface area contributed by atoms with Crippen LogP contribution < -0.4 is 0 Å². The van der Waals surface area contributed by atoms with Gasteiger partial charge in [-0.15, -0.1) is 0 Å². The molecule has 4 heteroatoms. The topological polar surface area (TPSA) is 54.4 Å². The molecule has 128 valence electrons. The Kier molecular flexibility index (Phi) is 5.12. The van der Waals surface area contributed by atoms with E-state index in [1.807, 2.05) is 0 Å². The van der Waals surface area contributed by atoms with Gasteiger partial charge in [0.05, 0.1) is 0 Å². The third-order valence-electron chi connectivity index (χ3n) is 5.65. The molecule has 0 aliphatic heterocycles. The monoisotopic (exact) mass is 336 g/mol. The Hall–Kier alpha value is -0.870. The van der Waals surface area contributed by atoms with Crippen molar-refractivity contribution in [1.29, 1.82) is 0 Å². The fourth-order valence-electron chi connectivity index (χ4n) is 4.52. The van der Waals surface area contributed by atoms with E-state index in [2.05, 4.69) is 6.92 Å². The van der Waals surface area contributed by atoms with Gasteiger partial charge in [-0.25, -0.2) is 0 Å². The first-order chi connectivity index (χ1) is 11.0. The van der Waals surface area contributed by atoms with Gasteiger partial charge >= 0.3 is 0 Å². The van der Waals surface area contributed by atoms with E-state index in [9.17, 15) is 13.0 Å². The first-order valence-corrected chi connectivity index (χ1v) is 10.6. The minimum Gasteiger partial charge on any atom is -0.282 e. The third-order valence-corrected chi connectivity index (χ3v) is 6.66. The number of fused-ring (bicyclic) bond motifs is 2. The second-order valence-corrected chi connectivity index (χ2v) is 8.53. The summed E-state index contributed by atoms with van der Waals surface area (Å²) in [4.78, 5) is 0.289. The molecule has 0 radical (unpaired) electrons. The first-order valence-electron chi connectivity index (χ1n) is 9.13. The highest BCUT2D eigenvalue weighted by Gasteiger charge is 2.28. The average Bonchev–Trinajstić information content (AvgIpc) is 2.40. The Morgan fingerprint density at radius 3 is 1.35 bits per heavy atom. The van der Waals surface area contributed by atoms with Gasteiger partial charge in [0.2, 0.25) is 0 Å². The van der Waals surface area contributed by atoms with E-state index in [1.165, 1.54) is 29.5 Å². The molecule has 23 heavy (non-hydrogen) atoms. The molecule has 1 aromatic carbocycles. The number of rotatable bonds is 1. The molecule has 1 aromatic rings. The lowest BCUT2D eigenvalue weighted by Crippen LogP contribution is -2.17. The van der Waals surface area contributed by atoms with Crippen LogP contribution in [0, 0.1) is 6.92 Å². The molecule has 0 heterocycles. The Morgan fingerprint density at radius 1 is 0.652 bits per heavy atom. The standard InChI is InChI=1S/C19H28O3S/c1-14-15-10-6-2-4-8-12-17(15)19(23(20,21)22)18-13-9-5-3-7-11-16(14)18/h2-13H2,1H3,(H,20,21,22). The second kappa shape index (κ2) is 6.94. The maximum atomic E-state index is 12.2. The number of hydrogen-bond donors (Lipinski definition) is 1. The normalized spacial score (nSPS) is 19.7. The van der Waals surface area contributed by atoms with Crippen molar-refractivity contribution in [3.8, 4) is 0 Å². The van der Waals surface area contributed by atoms with Crippen molar-refractivity contribution in [2.24, 2.45) is 0 Å². The van der Waals surface area contributed by atoms with E-state index in [4.69, 9.17) is 0 Å². The maximum Gasteiger partial charge on any atom is 0.295 e. The zero-order valence-corrected chi connectivity index (χ0v) is 15.0. The van der Waals surface area contributed by atoms with Crippen molar-refractivity contribution < 1.29 is 13.0 Å². The molecule has 0 amide bonds. The van der Waals surface area contributed by atoms with Crippen LogP contribution in [0.4, 0.5) is 0 Å². The highest BCUT2D eigenvalue weighted by molar-refractivity contribution is 7.86. The van der Waals surface area contributed by atoms with Gasteiger partial charge in [0.25, 0.3) is 10.1 Å². The van der Waals surface area contributed by atoms with Crippen molar-refractivity contribution in [2.75, 3.05) is 0 Å². The molecule has 0 bridgehead atoms. The zero-order chi connectivity index (χ0) is 16.4. The fraction of sp³-hybridized carbons (Fsp3) is 0.684. The molecule has 3 nitrogen and oxygen atoms in total. The number of hydrogen-bond acceptors (Lipinski definition) is 2. The maximum absolute atomic E-state index is 12.2. The first kappa shape index (κ1) is 17.0. The van der Waals surface area contributed by atoms with E-state index < -0.39 is 10.1 Å². The molecule has 2 aliphatic carbocycles. The van der Waals surface area contributed by atoms with Crippen molar-refractivity contribution >= 4 is 10.1 Å². The molecule has 0 atom stereocenters. The third kappa shape index (κ3) is 3.48. The second-order valence-electron chi connectivity index (χ2n) is 7.17. The lowest BCUT2D eigenvalue weighted by Gasteiger charge is -2.26. The van der Waals surface area contributed by atoms with Gasteiger partial charge in [-0.2, -0.15) is 8.42 Å².